The van der Waals surface area contributed by atoms with Gasteiger partial charge in [0.1, 0.15) is 17.4 Å². The number of fused-ring (bicyclic) bond motifs is 2. The molecule has 1 aromatic heterocycles. The van der Waals surface area contributed by atoms with Gasteiger partial charge in [0.15, 0.2) is 6.61 Å². The first-order valence-electron chi connectivity index (χ1n) is 11.8. The summed E-state index contributed by atoms with van der Waals surface area (Å²) in [7, 11) is 0. The number of rotatable bonds is 6. The summed E-state index contributed by atoms with van der Waals surface area (Å²) >= 11 is 0. The predicted molar refractivity (Wildman–Crippen MR) is 123 cm³/mol. The molecular formula is C25H32N2O6. The maximum Gasteiger partial charge on any atom is 0.336 e. The average molecular weight is 457 g/mol. The molecule has 178 valence electrons. The van der Waals surface area contributed by atoms with Crippen LogP contribution < -0.4 is 15.7 Å². The van der Waals surface area contributed by atoms with E-state index in [0.717, 1.165) is 36.6 Å². The van der Waals surface area contributed by atoms with E-state index in [-0.39, 0.29) is 18.4 Å². The number of likely N-dealkylation sites (tertiary alicyclic amines) is 1. The summed E-state index contributed by atoms with van der Waals surface area (Å²) in [6.07, 6.45) is 5.15. The van der Waals surface area contributed by atoms with Gasteiger partial charge in [-0.25, -0.2) is 4.79 Å². The molecule has 1 aromatic carbocycles. The second-order valence-corrected chi connectivity index (χ2v) is 9.26. The Morgan fingerprint density at radius 2 is 2.12 bits per heavy atom. The Morgan fingerprint density at radius 3 is 2.91 bits per heavy atom. The van der Waals surface area contributed by atoms with Crippen molar-refractivity contribution in [2.24, 2.45) is 5.92 Å². The van der Waals surface area contributed by atoms with E-state index < -0.39 is 23.2 Å². The van der Waals surface area contributed by atoms with Crippen LogP contribution in [0.25, 0.3) is 11.0 Å². The summed E-state index contributed by atoms with van der Waals surface area (Å²) in [6, 6.07) is 5.92. The molecule has 2 heterocycles. The van der Waals surface area contributed by atoms with Crippen LogP contribution in [0, 0.1) is 5.92 Å². The Balaban J connectivity index is 1.31. The Labute approximate surface area is 192 Å². The fraction of sp³-hybridized carbons (Fsp3) is 0.560. The highest BCUT2D eigenvalue weighted by Crippen LogP contribution is 2.39. The summed E-state index contributed by atoms with van der Waals surface area (Å²) in [5, 5.41) is 14.4. The normalized spacial score (nSPS) is 23.6. The van der Waals surface area contributed by atoms with Gasteiger partial charge in [0.25, 0.3) is 5.91 Å². The zero-order chi connectivity index (χ0) is 23.6. The molecule has 2 aromatic rings. The van der Waals surface area contributed by atoms with Crippen LogP contribution in [0.5, 0.6) is 5.75 Å². The highest BCUT2D eigenvalue weighted by Gasteiger charge is 2.44. The van der Waals surface area contributed by atoms with Crippen LogP contribution >= 0.6 is 0 Å². The predicted octanol–water partition coefficient (Wildman–Crippen LogP) is 2.39. The maximum atomic E-state index is 12.9. The van der Waals surface area contributed by atoms with Gasteiger partial charge in [0.2, 0.25) is 5.91 Å². The number of ether oxygens (including phenoxy) is 1. The van der Waals surface area contributed by atoms with Crippen molar-refractivity contribution < 1.29 is 23.8 Å². The molecule has 33 heavy (non-hydrogen) atoms. The van der Waals surface area contributed by atoms with Crippen molar-refractivity contribution in [2.75, 3.05) is 19.7 Å². The average Bonchev–Trinajstić information content (AvgIpc) is 2.80. The van der Waals surface area contributed by atoms with Crippen molar-refractivity contribution in [1.29, 1.82) is 0 Å². The number of nitrogens with zero attached hydrogens (tertiary/aromatic N) is 1. The molecule has 0 bridgehead atoms. The third-order valence-corrected chi connectivity index (χ3v) is 7.04. The summed E-state index contributed by atoms with van der Waals surface area (Å²) in [6.45, 7) is 4.41. The van der Waals surface area contributed by atoms with Gasteiger partial charge in [0.05, 0.1) is 5.60 Å². The molecule has 2 fully saturated rings. The molecule has 8 nitrogen and oxygen atoms in total. The van der Waals surface area contributed by atoms with Gasteiger partial charge in [-0.15, -0.1) is 0 Å². The van der Waals surface area contributed by atoms with Crippen molar-refractivity contribution in [3.8, 4) is 5.75 Å². The molecule has 0 radical (unpaired) electrons. The molecule has 0 spiro atoms. The van der Waals surface area contributed by atoms with Crippen LogP contribution in [0.2, 0.25) is 0 Å². The number of carbonyl (C=O) groups is 2. The number of nitrogens with one attached hydrogen (secondary N) is 1. The van der Waals surface area contributed by atoms with Crippen molar-refractivity contribution in [3.05, 3.63) is 40.2 Å². The molecule has 2 aliphatic rings. The zero-order valence-corrected chi connectivity index (χ0v) is 19.3. The van der Waals surface area contributed by atoms with Gasteiger partial charge in [-0.05, 0) is 50.3 Å². The van der Waals surface area contributed by atoms with Crippen molar-refractivity contribution in [3.63, 3.8) is 0 Å². The van der Waals surface area contributed by atoms with Crippen LogP contribution in [0.15, 0.2) is 33.5 Å². The SMILES string of the molecule is CCc1cc(=O)oc2cc(OCC(=O)N[C@@H](C)C(=O)N3CC[C@]4(O)CCCC[C@H]4C3)ccc12. The first-order chi connectivity index (χ1) is 15.8. The first kappa shape index (κ1) is 23.3. The van der Waals surface area contributed by atoms with Crippen LogP contribution in [0.1, 0.15) is 51.5 Å². The summed E-state index contributed by atoms with van der Waals surface area (Å²) in [5.74, 6) is -0.0431. The lowest BCUT2D eigenvalue weighted by Crippen LogP contribution is -2.57. The highest BCUT2D eigenvalue weighted by atomic mass is 16.5. The third kappa shape index (κ3) is 5.05. The Hall–Kier alpha value is -2.87. The van der Waals surface area contributed by atoms with E-state index in [1.54, 1.807) is 30.0 Å². The van der Waals surface area contributed by atoms with E-state index in [2.05, 4.69) is 5.32 Å². The number of hydrogen-bond donors (Lipinski definition) is 2. The second-order valence-electron chi connectivity index (χ2n) is 9.26. The van der Waals surface area contributed by atoms with E-state index in [1.165, 1.54) is 6.07 Å². The first-order valence-corrected chi connectivity index (χ1v) is 11.8. The van der Waals surface area contributed by atoms with Crippen LogP contribution in [-0.4, -0.2) is 53.2 Å². The largest absolute Gasteiger partial charge is 0.484 e. The van der Waals surface area contributed by atoms with Crippen molar-refractivity contribution in [2.45, 2.75) is 64.0 Å². The third-order valence-electron chi connectivity index (χ3n) is 7.04. The summed E-state index contributed by atoms with van der Waals surface area (Å²) in [5.41, 5.74) is 0.230. The van der Waals surface area contributed by atoms with E-state index in [4.69, 9.17) is 9.15 Å². The minimum atomic E-state index is -0.683. The summed E-state index contributed by atoms with van der Waals surface area (Å²) < 4.78 is 10.8. The fourth-order valence-electron chi connectivity index (χ4n) is 5.13. The molecule has 1 aliphatic heterocycles. The quantitative estimate of drug-likeness (QED) is 0.646. The molecule has 0 unspecified atom stereocenters. The lowest BCUT2D eigenvalue weighted by Gasteiger charge is -2.47. The van der Waals surface area contributed by atoms with Crippen molar-refractivity contribution >= 4 is 22.8 Å². The monoisotopic (exact) mass is 456 g/mol. The Bertz CT molecular complexity index is 1100. The van der Waals surface area contributed by atoms with Crippen molar-refractivity contribution in [1.82, 2.24) is 10.2 Å². The minimum Gasteiger partial charge on any atom is -0.484 e. The van der Waals surface area contributed by atoms with Crippen LogP contribution in [0.3, 0.4) is 0 Å². The number of amides is 2. The van der Waals surface area contributed by atoms with E-state index in [1.807, 2.05) is 6.92 Å². The number of benzene rings is 1. The Morgan fingerprint density at radius 1 is 1.30 bits per heavy atom. The number of piperidine rings is 1. The molecule has 2 N–H and O–H groups in total. The molecule has 4 rings (SSSR count). The molecule has 2 amide bonds. The lowest BCUT2D eigenvalue weighted by atomic mass is 9.71. The van der Waals surface area contributed by atoms with Crippen LogP contribution in [0.4, 0.5) is 0 Å². The van der Waals surface area contributed by atoms with E-state index in [0.29, 0.717) is 37.3 Å². The molecule has 3 atom stereocenters. The molecule has 1 saturated heterocycles. The van der Waals surface area contributed by atoms with Crippen LogP contribution in [-0.2, 0) is 16.0 Å². The van der Waals surface area contributed by atoms with E-state index in [9.17, 15) is 19.5 Å². The fourth-order valence-corrected chi connectivity index (χ4v) is 5.13. The van der Waals surface area contributed by atoms with Gasteiger partial charge in [0, 0.05) is 36.5 Å². The smallest absolute Gasteiger partial charge is 0.336 e. The van der Waals surface area contributed by atoms with Gasteiger partial charge in [-0.3, -0.25) is 9.59 Å². The molecular weight excluding hydrogens is 424 g/mol. The summed E-state index contributed by atoms with van der Waals surface area (Å²) in [4.78, 5) is 38.8. The molecule has 1 saturated carbocycles. The number of aryl methyl sites for hydroxylation is 1. The number of carbonyl (C=O) groups excluding carboxylic acids is 2. The standard InChI is InChI=1S/C25H32N2O6/c1-3-17-12-23(29)33-21-13-19(7-8-20(17)21)32-15-22(28)26-16(2)24(30)27-11-10-25(31)9-5-4-6-18(25)14-27/h7-8,12-13,16,18,31H,3-6,9-11,14-15H2,1-2H3,(H,26,28)/t16-,18-,25+/m0/s1. The van der Waals surface area contributed by atoms with Gasteiger partial charge in [-0.1, -0.05) is 19.8 Å². The van der Waals surface area contributed by atoms with Gasteiger partial charge in [-0.2, -0.15) is 0 Å². The van der Waals surface area contributed by atoms with Gasteiger partial charge < -0.3 is 24.5 Å². The maximum absolute atomic E-state index is 12.9. The minimum absolute atomic E-state index is 0.108. The number of aliphatic hydroxyl groups is 1. The molecule has 1 aliphatic carbocycles. The second kappa shape index (κ2) is 9.55. The Kier molecular flexibility index (Phi) is 6.74. The molecule has 8 heteroatoms. The van der Waals surface area contributed by atoms with E-state index >= 15 is 0 Å². The number of hydrogen-bond acceptors (Lipinski definition) is 6. The topological polar surface area (TPSA) is 109 Å². The lowest BCUT2D eigenvalue weighted by molar-refractivity contribution is -0.146. The zero-order valence-electron chi connectivity index (χ0n) is 19.3. The highest BCUT2D eigenvalue weighted by molar-refractivity contribution is 5.88. The van der Waals surface area contributed by atoms with Gasteiger partial charge >= 0.3 is 5.63 Å².